The van der Waals surface area contributed by atoms with Gasteiger partial charge in [0.1, 0.15) is 5.56 Å². The van der Waals surface area contributed by atoms with E-state index in [1.54, 1.807) is 0 Å². The van der Waals surface area contributed by atoms with E-state index in [1.165, 1.54) is 57.8 Å². The van der Waals surface area contributed by atoms with Gasteiger partial charge in [0.2, 0.25) is 0 Å². The molecular formula is C17H35ClO. The minimum absolute atomic E-state index is 0.0939. The maximum Gasteiger partial charge on any atom is 0.133 e. The number of alkyl halides is 1. The van der Waals surface area contributed by atoms with Crippen LogP contribution in [-0.4, -0.2) is 12.2 Å². The number of hydrogen-bond donors (Lipinski definition) is 0. The largest absolute Gasteiger partial charge is 0.362 e. The monoisotopic (exact) mass is 290 g/mol. The first-order valence-electron chi connectivity index (χ1n) is 8.48. The molecule has 116 valence electrons. The second-order valence-electron chi connectivity index (χ2n) is 5.79. The Morgan fingerprint density at radius 2 is 1.26 bits per heavy atom. The quantitative estimate of drug-likeness (QED) is 0.261. The lowest BCUT2D eigenvalue weighted by atomic mass is 10.1. The Kier molecular flexibility index (Phi) is 14.8. The highest BCUT2D eigenvalue weighted by Gasteiger charge is 2.11. The minimum atomic E-state index is -0.0939. The van der Waals surface area contributed by atoms with Crippen LogP contribution in [0.4, 0.5) is 0 Å². The van der Waals surface area contributed by atoms with Crippen LogP contribution in [0.1, 0.15) is 91.4 Å². The summed E-state index contributed by atoms with van der Waals surface area (Å²) in [6.45, 7) is 7.41. The first kappa shape index (κ1) is 19.2. The van der Waals surface area contributed by atoms with Crippen LogP contribution in [-0.2, 0) is 4.74 Å². The second-order valence-corrected chi connectivity index (χ2v) is 6.22. The van der Waals surface area contributed by atoms with Gasteiger partial charge in [-0.1, -0.05) is 90.2 Å². The van der Waals surface area contributed by atoms with Crippen LogP contribution in [0.25, 0.3) is 0 Å². The molecule has 0 heterocycles. The third kappa shape index (κ3) is 13.0. The average molecular weight is 291 g/mol. The van der Waals surface area contributed by atoms with E-state index < -0.39 is 0 Å². The van der Waals surface area contributed by atoms with Gasteiger partial charge < -0.3 is 4.74 Å². The molecule has 0 aromatic carbocycles. The minimum Gasteiger partial charge on any atom is -0.362 e. The molecular weight excluding hydrogens is 256 g/mol. The topological polar surface area (TPSA) is 9.23 Å². The van der Waals surface area contributed by atoms with E-state index in [9.17, 15) is 0 Å². The van der Waals surface area contributed by atoms with E-state index in [0.717, 1.165) is 19.4 Å². The van der Waals surface area contributed by atoms with E-state index >= 15 is 0 Å². The lowest BCUT2D eigenvalue weighted by Gasteiger charge is -2.16. The SMILES string of the molecule is CCCCCCCCCCCCOC(Cl)C(C)CC. The fraction of sp³-hybridized carbons (Fsp3) is 1.00. The van der Waals surface area contributed by atoms with E-state index in [1.807, 2.05) is 0 Å². The van der Waals surface area contributed by atoms with Gasteiger partial charge in [-0.3, -0.25) is 0 Å². The number of rotatable bonds is 14. The maximum absolute atomic E-state index is 6.13. The highest BCUT2D eigenvalue weighted by atomic mass is 35.5. The van der Waals surface area contributed by atoms with Gasteiger partial charge >= 0.3 is 0 Å². The van der Waals surface area contributed by atoms with Gasteiger partial charge in [0.15, 0.2) is 0 Å². The van der Waals surface area contributed by atoms with Crippen molar-refractivity contribution in [3.05, 3.63) is 0 Å². The van der Waals surface area contributed by atoms with Gasteiger partial charge in [-0.05, 0) is 18.8 Å². The molecule has 0 fully saturated rings. The summed E-state index contributed by atoms with van der Waals surface area (Å²) < 4.78 is 5.63. The Hall–Kier alpha value is 0.250. The van der Waals surface area contributed by atoms with Crippen molar-refractivity contribution in [3.8, 4) is 0 Å². The molecule has 0 rings (SSSR count). The molecule has 0 aromatic rings. The normalized spacial score (nSPS) is 14.5. The molecule has 0 aliphatic heterocycles. The summed E-state index contributed by atoms with van der Waals surface area (Å²) in [5.74, 6) is 0.463. The Labute approximate surface area is 126 Å². The molecule has 0 aliphatic rings. The molecule has 0 saturated carbocycles. The molecule has 19 heavy (non-hydrogen) atoms. The molecule has 0 spiro atoms. The van der Waals surface area contributed by atoms with Crippen LogP contribution in [0.3, 0.4) is 0 Å². The average Bonchev–Trinajstić information content (AvgIpc) is 2.43. The molecule has 2 atom stereocenters. The Balaban J connectivity index is 3.10. The van der Waals surface area contributed by atoms with Crippen molar-refractivity contribution in [1.29, 1.82) is 0 Å². The lowest BCUT2D eigenvalue weighted by Crippen LogP contribution is -2.15. The van der Waals surface area contributed by atoms with Crippen LogP contribution in [0.2, 0.25) is 0 Å². The van der Waals surface area contributed by atoms with Gasteiger partial charge in [0.25, 0.3) is 0 Å². The molecule has 0 bridgehead atoms. The fourth-order valence-corrected chi connectivity index (χ4v) is 2.40. The molecule has 0 amide bonds. The van der Waals surface area contributed by atoms with Crippen molar-refractivity contribution in [2.24, 2.45) is 5.92 Å². The van der Waals surface area contributed by atoms with E-state index in [4.69, 9.17) is 16.3 Å². The maximum atomic E-state index is 6.13. The zero-order valence-corrected chi connectivity index (χ0v) is 14.2. The molecule has 0 N–H and O–H groups in total. The van der Waals surface area contributed by atoms with Crippen molar-refractivity contribution in [2.45, 2.75) is 97.0 Å². The Morgan fingerprint density at radius 1 is 0.789 bits per heavy atom. The Morgan fingerprint density at radius 3 is 1.74 bits per heavy atom. The zero-order valence-electron chi connectivity index (χ0n) is 13.4. The van der Waals surface area contributed by atoms with Crippen molar-refractivity contribution in [1.82, 2.24) is 0 Å². The first-order chi connectivity index (χ1) is 9.22. The summed E-state index contributed by atoms with van der Waals surface area (Å²) >= 11 is 6.13. The van der Waals surface area contributed by atoms with Crippen LogP contribution < -0.4 is 0 Å². The molecule has 2 unspecified atom stereocenters. The summed E-state index contributed by atoms with van der Waals surface area (Å²) in [6.07, 6.45) is 14.7. The van der Waals surface area contributed by atoms with Crippen molar-refractivity contribution in [3.63, 3.8) is 0 Å². The number of ether oxygens (including phenoxy) is 1. The van der Waals surface area contributed by atoms with E-state index in [0.29, 0.717) is 5.92 Å². The van der Waals surface area contributed by atoms with Gasteiger partial charge in [-0.2, -0.15) is 0 Å². The van der Waals surface area contributed by atoms with E-state index in [-0.39, 0.29) is 5.56 Å². The van der Waals surface area contributed by atoms with Crippen LogP contribution in [0, 0.1) is 5.92 Å². The van der Waals surface area contributed by atoms with Gasteiger partial charge in [0, 0.05) is 6.61 Å². The summed E-state index contributed by atoms with van der Waals surface area (Å²) in [4.78, 5) is 0. The van der Waals surface area contributed by atoms with Crippen LogP contribution in [0.15, 0.2) is 0 Å². The number of hydrogen-bond acceptors (Lipinski definition) is 1. The standard InChI is InChI=1S/C17H35ClO/c1-4-6-7-8-9-10-11-12-13-14-15-19-17(18)16(3)5-2/h16-17H,4-15H2,1-3H3. The molecule has 1 nitrogen and oxygen atoms in total. The summed E-state index contributed by atoms with van der Waals surface area (Å²) in [6, 6.07) is 0. The highest BCUT2D eigenvalue weighted by Crippen LogP contribution is 2.16. The second kappa shape index (κ2) is 14.7. The van der Waals surface area contributed by atoms with Crippen molar-refractivity contribution < 1.29 is 4.74 Å². The Bertz CT molecular complexity index is 173. The summed E-state index contributed by atoms with van der Waals surface area (Å²) in [5, 5.41) is 0. The molecule has 0 aliphatic carbocycles. The lowest BCUT2D eigenvalue weighted by molar-refractivity contribution is 0.0691. The fourth-order valence-electron chi connectivity index (χ4n) is 2.13. The summed E-state index contributed by atoms with van der Waals surface area (Å²) in [7, 11) is 0. The van der Waals surface area contributed by atoms with Crippen molar-refractivity contribution >= 4 is 11.6 Å². The van der Waals surface area contributed by atoms with E-state index in [2.05, 4.69) is 20.8 Å². The predicted octanol–water partition coefficient (Wildman–Crippen LogP) is 6.53. The third-order valence-electron chi connectivity index (χ3n) is 3.87. The van der Waals surface area contributed by atoms with Gasteiger partial charge in [-0.25, -0.2) is 0 Å². The first-order valence-corrected chi connectivity index (χ1v) is 8.91. The zero-order chi connectivity index (χ0) is 14.3. The highest BCUT2D eigenvalue weighted by molar-refractivity contribution is 6.19. The molecule has 0 radical (unpaired) electrons. The molecule has 2 heteroatoms. The van der Waals surface area contributed by atoms with Gasteiger partial charge in [-0.15, -0.1) is 0 Å². The number of halogens is 1. The van der Waals surface area contributed by atoms with Crippen LogP contribution >= 0.6 is 11.6 Å². The van der Waals surface area contributed by atoms with Crippen molar-refractivity contribution in [2.75, 3.05) is 6.61 Å². The molecule has 0 aromatic heterocycles. The molecule has 0 saturated heterocycles. The smallest absolute Gasteiger partial charge is 0.133 e. The predicted molar refractivity (Wildman–Crippen MR) is 86.9 cm³/mol. The third-order valence-corrected chi connectivity index (χ3v) is 4.42. The van der Waals surface area contributed by atoms with Gasteiger partial charge in [0.05, 0.1) is 0 Å². The number of unbranched alkanes of at least 4 members (excludes halogenated alkanes) is 9. The van der Waals surface area contributed by atoms with Crippen LogP contribution in [0.5, 0.6) is 0 Å². The summed E-state index contributed by atoms with van der Waals surface area (Å²) in [5.41, 5.74) is -0.0939.